The van der Waals surface area contributed by atoms with E-state index in [1.165, 1.54) is 4.68 Å². The lowest BCUT2D eigenvalue weighted by Gasteiger charge is -2.26. The Morgan fingerprint density at radius 1 is 1.06 bits per heavy atom. The van der Waals surface area contributed by atoms with Crippen molar-refractivity contribution in [2.45, 2.75) is 19.3 Å². The lowest BCUT2D eigenvalue weighted by atomic mass is 9.85. The Morgan fingerprint density at radius 2 is 1.89 bits per heavy atom. The highest BCUT2D eigenvalue weighted by Crippen LogP contribution is 2.45. The molecule has 1 aliphatic heterocycles. The molecule has 0 radical (unpaired) electrons. The fourth-order valence-corrected chi connectivity index (χ4v) is 4.45. The number of fused-ring (bicyclic) bond motifs is 1. The Balaban J connectivity index is 1.63. The van der Waals surface area contributed by atoms with E-state index in [4.69, 9.17) is 14.2 Å². The molecular weight excluding hydrogens is 448 g/mol. The van der Waals surface area contributed by atoms with Crippen molar-refractivity contribution in [3.05, 3.63) is 65.5 Å². The van der Waals surface area contributed by atoms with Crippen molar-refractivity contribution in [3.63, 3.8) is 0 Å². The Bertz CT molecular complexity index is 1420. The molecule has 1 aliphatic rings. The van der Waals surface area contributed by atoms with Crippen molar-refractivity contribution in [2.24, 2.45) is 0 Å². The van der Waals surface area contributed by atoms with Gasteiger partial charge in [-0.25, -0.2) is 4.98 Å². The van der Waals surface area contributed by atoms with Gasteiger partial charge in [0.05, 0.1) is 38.9 Å². The number of aromatic nitrogens is 5. The highest BCUT2D eigenvalue weighted by Gasteiger charge is 2.35. The maximum absolute atomic E-state index is 12.8. The van der Waals surface area contributed by atoms with Gasteiger partial charge >= 0.3 is 0 Å². The Hall–Kier alpha value is -4.47. The molecule has 178 valence electrons. The lowest BCUT2D eigenvalue weighted by molar-refractivity contribution is -0.116. The number of para-hydroxylation sites is 1. The van der Waals surface area contributed by atoms with E-state index in [2.05, 4.69) is 25.6 Å². The number of nitrogens with zero attached hydrogens (tertiary/aromatic N) is 5. The molecule has 1 atom stereocenters. The zero-order chi connectivity index (χ0) is 24.5. The van der Waals surface area contributed by atoms with Crippen LogP contribution in [0.15, 0.2) is 48.7 Å². The van der Waals surface area contributed by atoms with E-state index in [1.54, 1.807) is 27.5 Å². The second kappa shape index (κ2) is 9.05. The first-order chi connectivity index (χ1) is 17.0. The van der Waals surface area contributed by atoms with E-state index < -0.39 is 0 Å². The molecule has 0 spiro atoms. The van der Waals surface area contributed by atoms with Crippen molar-refractivity contribution in [1.29, 1.82) is 0 Å². The second-order valence-corrected chi connectivity index (χ2v) is 8.02. The summed E-state index contributed by atoms with van der Waals surface area (Å²) in [4.78, 5) is 17.5. The van der Waals surface area contributed by atoms with Crippen LogP contribution in [0.5, 0.6) is 17.2 Å². The smallest absolute Gasteiger partial charge is 0.272 e. The first kappa shape index (κ1) is 22.3. The number of carbonyl (C=O) groups is 1. The van der Waals surface area contributed by atoms with Crippen molar-refractivity contribution in [1.82, 2.24) is 25.0 Å². The van der Waals surface area contributed by atoms with Crippen LogP contribution in [0.1, 0.15) is 29.2 Å². The van der Waals surface area contributed by atoms with Gasteiger partial charge in [-0.15, -0.1) is 5.10 Å². The molecule has 3 heterocycles. The molecule has 2 aromatic carbocycles. The van der Waals surface area contributed by atoms with Crippen molar-refractivity contribution in [3.8, 4) is 34.5 Å². The summed E-state index contributed by atoms with van der Waals surface area (Å²) >= 11 is 0. The van der Waals surface area contributed by atoms with Gasteiger partial charge in [-0.3, -0.25) is 4.79 Å². The zero-order valence-corrected chi connectivity index (χ0v) is 19.8. The SMILES string of the molecule is COc1cccc(-c2cnnc(-n3nc(C)c4c3NC(=O)C[C@H]4c3cccc(OC)c3OC)n2)c1. The minimum Gasteiger partial charge on any atom is -0.497 e. The summed E-state index contributed by atoms with van der Waals surface area (Å²) in [5.74, 6) is 2.22. The van der Waals surface area contributed by atoms with E-state index >= 15 is 0 Å². The molecular formula is C25H24N6O4. The number of nitrogens with one attached hydrogen (secondary N) is 1. The van der Waals surface area contributed by atoms with Crippen LogP contribution in [0.25, 0.3) is 17.2 Å². The second-order valence-electron chi connectivity index (χ2n) is 8.02. The topological polar surface area (TPSA) is 113 Å². The number of anilines is 1. The maximum atomic E-state index is 12.8. The van der Waals surface area contributed by atoms with Crippen molar-refractivity contribution in [2.75, 3.05) is 26.6 Å². The molecule has 10 heteroatoms. The number of hydrogen-bond acceptors (Lipinski definition) is 8. The molecule has 2 aromatic heterocycles. The Labute approximate surface area is 201 Å². The lowest BCUT2D eigenvalue weighted by Crippen LogP contribution is -2.25. The van der Waals surface area contributed by atoms with Crippen LogP contribution in [0, 0.1) is 6.92 Å². The number of hydrogen-bond donors (Lipinski definition) is 1. The van der Waals surface area contributed by atoms with E-state index in [1.807, 2.05) is 49.4 Å². The monoisotopic (exact) mass is 472 g/mol. The summed E-state index contributed by atoms with van der Waals surface area (Å²) in [6, 6.07) is 13.2. The molecule has 0 unspecified atom stereocenters. The number of aryl methyl sites for hydroxylation is 1. The standard InChI is InChI=1S/C25H24N6O4/c1-14-22-18(17-9-6-10-20(34-3)23(17)35-4)12-21(32)28-24(22)31(30-14)25-27-19(13-26-29-25)15-7-5-8-16(11-15)33-2/h5-11,13,18H,12H2,1-4H3,(H,28,32)/t18-/m0/s1. The van der Waals surface area contributed by atoms with Crippen LogP contribution in [0.2, 0.25) is 0 Å². The molecule has 1 N–H and O–H groups in total. The van der Waals surface area contributed by atoms with Gasteiger partial charge in [0.25, 0.3) is 5.95 Å². The minimum absolute atomic E-state index is 0.148. The van der Waals surface area contributed by atoms with Gasteiger partial charge in [-0.2, -0.15) is 14.9 Å². The fraction of sp³-hybridized carbons (Fsp3) is 0.240. The number of carbonyl (C=O) groups excluding carboxylic acids is 1. The number of benzene rings is 2. The molecule has 5 rings (SSSR count). The predicted molar refractivity (Wildman–Crippen MR) is 128 cm³/mol. The Kier molecular flexibility index (Phi) is 5.77. The molecule has 1 amide bonds. The average molecular weight is 473 g/mol. The molecule has 0 saturated heterocycles. The summed E-state index contributed by atoms with van der Waals surface area (Å²) in [7, 11) is 4.78. The van der Waals surface area contributed by atoms with Crippen molar-refractivity contribution >= 4 is 11.7 Å². The normalized spacial score (nSPS) is 14.7. The van der Waals surface area contributed by atoms with E-state index in [0.717, 1.165) is 22.4 Å². The van der Waals surface area contributed by atoms with Gasteiger partial charge in [-0.1, -0.05) is 24.3 Å². The summed E-state index contributed by atoms with van der Waals surface area (Å²) in [6.45, 7) is 1.89. The largest absolute Gasteiger partial charge is 0.497 e. The third-order valence-corrected chi connectivity index (χ3v) is 6.01. The van der Waals surface area contributed by atoms with Crippen LogP contribution in [-0.2, 0) is 4.79 Å². The van der Waals surface area contributed by atoms with Crippen LogP contribution in [-0.4, -0.2) is 52.2 Å². The third kappa shape index (κ3) is 3.92. The number of rotatable bonds is 6. The van der Waals surface area contributed by atoms with Gasteiger partial charge < -0.3 is 19.5 Å². The van der Waals surface area contributed by atoms with Crippen LogP contribution in [0.3, 0.4) is 0 Å². The number of methoxy groups -OCH3 is 3. The zero-order valence-electron chi connectivity index (χ0n) is 19.8. The molecule has 0 aliphatic carbocycles. The average Bonchev–Trinajstić information content (AvgIpc) is 3.23. The van der Waals surface area contributed by atoms with Gasteiger partial charge in [0.1, 0.15) is 11.6 Å². The molecule has 10 nitrogen and oxygen atoms in total. The van der Waals surface area contributed by atoms with E-state index in [0.29, 0.717) is 28.8 Å². The minimum atomic E-state index is -0.285. The molecule has 0 bridgehead atoms. The summed E-state index contributed by atoms with van der Waals surface area (Å²) in [5.41, 5.74) is 3.87. The first-order valence-corrected chi connectivity index (χ1v) is 11.0. The van der Waals surface area contributed by atoms with Gasteiger partial charge in [0, 0.05) is 29.0 Å². The third-order valence-electron chi connectivity index (χ3n) is 6.01. The number of ether oxygens (including phenoxy) is 3. The fourth-order valence-electron chi connectivity index (χ4n) is 4.45. The van der Waals surface area contributed by atoms with Gasteiger partial charge in [-0.05, 0) is 25.1 Å². The Morgan fingerprint density at radius 3 is 2.66 bits per heavy atom. The van der Waals surface area contributed by atoms with E-state index in [-0.39, 0.29) is 24.2 Å². The highest BCUT2D eigenvalue weighted by molar-refractivity contribution is 5.95. The van der Waals surface area contributed by atoms with Gasteiger partial charge in [0.15, 0.2) is 11.5 Å². The van der Waals surface area contributed by atoms with Crippen molar-refractivity contribution < 1.29 is 19.0 Å². The quantitative estimate of drug-likeness (QED) is 0.453. The summed E-state index contributed by atoms with van der Waals surface area (Å²) in [5, 5.41) is 16.0. The highest BCUT2D eigenvalue weighted by atomic mass is 16.5. The molecule has 0 fully saturated rings. The van der Waals surface area contributed by atoms with E-state index in [9.17, 15) is 4.79 Å². The van der Waals surface area contributed by atoms with Gasteiger partial charge in [0.2, 0.25) is 5.91 Å². The molecule has 4 aromatic rings. The predicted octanol–water partition coefficient (Wildman–Crippen LogP) is 3.53. The van der Waals surface area contributed by atoms with Crippen LogP contribution in [0.4, 0.5) is 5.82 Å². The first-order valence-electron chi connectivity index (χ1n) is 11.0. The van der Waals surface area contributed by atoms with Crippen LogP contribution < -0.4 is 19.5 Å². The summed E-state index contributed by atoms with van der Waals surface area (Å²) < 4.78 is 18.0. The molecule has 0 saturated carbocycles. The summed E-state index contributed by atoms with van der Waals surface area (Å²) in [6.07, 6.45) is 1.82. The number of amides is 1. The maximum Gasteiger partial charge on any atom is 0.272 e. The van der Waals surface area contributed by atoms with Crippen LogP contribution >= 0.6 is 0 Å². The molecule has 35 heavy (non-hydrogen) atoms.